The van der Waals surface area contributed by atoms with E-state index in [9.17, 15) is 0 Å². The Balaban J connectivity index is 2.82. The van der Waals surface area contributed by atoms with Crippen LogP contribution in [0.15, 0.2) is 21.0 Å². The summed E-state index contributed by atoms with van der Waals surface area (Å²) in [6.07, 6.45) is 6.05. The van der Waals surface area contributed by atoms with Crippen molar-refractivity contribution in [1.82, 2.24) is 0 Å². The molecule has 0 bridgehead atoms. The summed E-state index contributed by atoms with van der Waals surface area (Å²) < 4.78 is 3.33. The molecule has 0 saturated heterocycles. The van der Waals surface area contributed by atoms with E-state index in [1.54, 1.807) is 0 Å². The second-order valence-electron chi connectivity index (χ2n) is 1.30. The van der Waals surface area contributed by atoms with Gasteiger partial charge in [-0.3, -0.25) is 0 Å². The van der Waals surface area contributed by atoms with Crippen LogP contribution in [0.3, 0.4) is 0 Å². The molecule has 2 heteroatoms. The first kappa shape index (κ1) is 5.64. The van der Waals surface area contributed by atoms with Gasteiger partial charge in [0.15, 0.2) is 0 Å². The minimum absolute atomic E-state index is 0.540. The number of halogens is 1. The Bertz CT molecular complexity index is 144. The third kappa shape index (κ3) is 1.83. The van der Waals surface area contributed by atoms with Gasteiger partial charge < -0.3 is 0 Å². The fourth-order valence-electron chi connectivity index (χ4n) is 0.415. The fraction of sp³-hybridized carbons (Fsp3) is 0. The van der Waals surface area contributed by atoms with E-state index in [0.717, 1.165) is 2.79 Å². The second-order valence-corrected chi connectivity index (χ2v) is 6.60. The zero-order valence-electron chi connectivity index (χ0n) is 3.76. The van der Waals surface area contributed by atoms with E-state index in [4.69, 9.17) is 11.6 Å². The standard InChI is InChI=1S/C5H4Cl.In/c1-2-3-4-5-6;/h1-4H;. The van der Waals surface area contributed by atoms with Crippen molar-refractivity contribution >= 4 is 37.8 Å². The van der Waals surface area contributed by atoms with Crippen molar-refractivity contribution in [2.24, 2.45) is 0 Å². The molecule has 0 spiro atoms. The van der Waals surface area contributed by atoms with Gasteiger partial charge in [0, 0.05) is 0 Å². The van der Waals surface area contributed by atoms with Gasteiger partial charge in [0.2, 0.25) is 0 Å². The summed E-state index contributed by atoms with van der Waals surface area (Å²) in [6.45, 7) is 0. The predicted octanol–water partition coefficient (Wildman–Crippen LogP) is 1.14. The zero-order valence-corrected chi connectivity index (χ0v) is 7.82. The van der Waals surface area contributed by atoms with Crippen molar-refractivity contribution < 1.29 is 0 Å². The monoisotopic (exact) mass is 214 g/mol. The number of allylic oxidation sites excluding steroid dienone is 3. The Morgan fingerprint density at radius 2 is 2.29 bits per heavy atom. The number of hydrogen-bond acceptors (Lipinski definition) is 0. The Morgan fingerprint density at radius 3 is 2.57 bits per heavy atom. The van der Waals surface area contributed by atoms with Gasteiger partial charge in [0.1, 0.15) is 0 Å². The molecule has 0 fully saturated rings. The third-order valence-electron chi connectivity index (χ3n) is 0.733. The van der Waals surface area contributed by atoms with Crippen molar-refractivity contribution in [1.29, 1.82) is 0 Å². The molecule has 0 aromatic carbocycles. The van der Waals surface area contributed by atoms with Gasteiger partial charge in [-0.05, 0) is 0 Å². The fourth-order valence-corrected chi connectivity index (χ4v) is 2.82. The molecule has 1 heterocycles. The van der Waals surface area contributed by atoms with Gasteiger partial charge in [0.05, 0.1) is 0 Å². The van der Waals surface area contributed by atoms with Gasteiger partial charge in [0.25, 0.3) is 0 Å². The zero-order chi connectivity index (χ0) is 5.11. The van der Waals surface area contributed by atoms with Crippen LogP contribution in [0.25, 0.3) is 0 Å². The summed E-state index contributed by atoms with van der Waals surface area (Å²) in [5.41, 5.74) is 0. The predicted molar refractivity (Wildman–Crippen MR) is 34.9 cm³/mol. The van der Waals surface area contributed by atoms with Gasteiger partial charge >= 0.3 is 58.8 Å². The first-order valence-electron chi connectivity index (χ1n) is 2.10. The van der Waals surface area contributed by atoms with Crippen molar-refractivity contribution in [2.45, 2.75) is 0 Å². The summed E-state index contributed by atoms with van der Waals surface area (Å²) in [7, 11) is 0. The van der Waals surface area contributed by atoms with Crippen LogP contribution in [0.5, 0.6) is 0 Å². The van der Waals surface area contributed by atoms with Crippen LogP contribution >= 0.6 is 11.6 Å². The normalized spacial score (nSPS) is 15.9. The van der Waals surface area contributed by atoms with E-state index in [1.165, 1.54) is 0 Å². The van der Waals surface area contributed by atoms with Crippen molar-refractivity contribution in [2.75, 3.05) is 0 Å². The van der Waals surface area contributed by atoms with Crippen molar-refractivity contribution in [3.63, 3.8) is 0 Å². The first-order chi connectivity index (χ1) is 3.39. The molecule has 1 aliphatic rings. The van der Waals surface area contributed by atoms with Crippen molar-refractivity contribution in [3.05, 3.63) is 21.0 Å². The van der Waals surface area contributed by atoms with Gasteiger partial charge in [-0.2, -0.15) is 0 Å². The Morgan fingerprint density at radius 1 is 1.43 bits per heavy atom. The molecular weight excluding hydrogens is 210 g/mol. The van der Waals surface area contributed by atoms with Crippen molar-refractivity contribution in [3.8, 4) is 0 Å². The molecular formula is C5H4ClIn. The third-order valence-corrected chi connectivity index (χ3v) is 4.35. The summed E-state index contributed by atoms with van der Waals surface area (Å²) >= 11 is 5.14. The topological polar surface area (TPSA) is 0 Å². The average Bonchev–Trinajstić information content (AvgIpc) is 1.69. The summed E-state index contributed by atoms with van der Waals surface area (Å²) in [4.78, 5) is 0. The SMILES string of the molecule is Cl[C]1=CC=C[CH]=[In]1. The van der Waals surface area contributed by atoms with Crippen LogP contribution in [0.2, 0.25) is 0 Å². The second kappa shape index (κ2) is 2.73. The van der Waals surface area contributed by atoms with Crippen LogP contribution in [-0.2, 0) is 0 Å². The quantitative estimate of drug-likeness (QED) is 0.567. The molecule has 0 amide bonds. The minimum atomic E-state index is -0.540. The van der Waals surface area contributed by atoms with Crippen LogP contribution in [0.1, 0.15) is 0 Å². The summed E-state index contributed by atoms with van der Waals surface area (Å²) in [5.74, 6) is 0. The molecule has 0 unspecified atom stereocenters. The molecule has 1 aliphatic heterocycles. The molecule has 34 valence electrons. The molecule has 1 rings (SSSR count). The Labute approximate surface area is 58.7 Å². The number of rotatable bonds is 0. The molecule has 0 N–H and O–H groups in total. The summed E-state index contributed by atoms with van der Waals surface area (Å²) in [5, 5.41) is 0. The maximum atomic E-state index is 5.68. The van der Waals surface area contributed by atoms with Crippen LogP contribution in [0, 0.1) is 0 Å². The molecule has 0 saturated carbocycles. The molecule has 0 radical (unpaired) electrons. The summed E-state index contributed by atoms with van der Waals surface area (Å²) in [6, 6.07) is 0. The van der Waals surface area contributed by atoms with Crippen LogP contribution in [-0.4, -0.2) is 26.2 Å². The van der Waals surface area contributed by atoms with Gasteiger partial charge in [-0.15, -0.1) is 0 Å². The average molecular weight is 214 g/mol. The Kier molecular flexibility index (Phi) is 2.20. The van der Waals surface area contributed by atoms with Gasteiger partial charge in [-0.25, -0.2) is 0 Å². The molecule has 0 aromatic heterocycles. The molecule has 0 aromatic rings. The van der Waals surface area contributed by atoms with E-state index < -0.39 is 22.4 Å². The van der Waals surface area contributed by atoms with Crippen LogP contribution in [0.4, 0.5) is 0 Å². The molecule has 0 atom stereocenters. The first-order valence-corrected chi connectivity index (χ1v) is 6.03. The molecule has 7 heavy (non-hydrogen) atoms. The molecule has 0 nitrogen and oxygen atoms in total. The Hall–Kier alpha value is 0.510. The molecule has 0 aliphatic carbocycles. The van der Waals surface area contributed by atoms with E-state index >= 15 is 0 Å². The van der Waals surface area contributed by atoms with E-state index in [0.29, 0.717) is 0 Å². The maximum absolute atomic E-state index is 5.68. The van der Waals surface area contributed by atoms with E-state index in [1.807, 2.05) is 12.2 Å². The van der Waals surface area contributed by atoms with Gasteiger partial charge in [-0.1, -0.05) is 0 Å². The van der Waals surface area contributed by atoms with E-state index in [2.05, 4.69) is 9.83 Å². The number of hydrogen-bond donors (Lipinski definition) is 0. The van der Waals surface area contributed by atoms with Crippen LogP contribution < -0.4 is 0 Å². The van der Waals surface area contributed by atoms with E-state index in [-0.39, 0.29) is 0 Å².